The van der Waals surface area contributed by atoms with Crippen LogP contribution in [0.4, 0.5) is 0 Å². The lowest BCUT2D eigenvalue weighted by Crippen LogP contribution is -2.57. The molecule has 32 heavy (non-hydrogen) atoms. The standard InChI is InChI=1S/C20H35N7O5/c1-11(2)16(22)19(30)25-12(3)17(28)26-14(6-4-5-7-21)18(29)27-15(20(31)32)8-13-9-23-10-24-13/h9-12,14-16H,4-8,21-22H2,1-3H3,(H,23,24)(H,25,30)(H,26,28)(H,27,29)(H,31,32). The van der Waals surface area contributed by atoms with E-state index in [-0.39, 0.29) is 18.8 Å². The van der Waals surface area contributed by atoms with E-state index in [1.54, 1.807) is 13.8 Å². The molecule has 3 amide bonds. The topological polar surface area (TPSA) is 205 Å². The number of carboxylic acids is 1. The van der Waals surface area contributed by atoms with Gasteiger partial charge in [-0.2, -0.15) is 0 Å². The zero-order valence-corrected chi connectivity index (χ0v) is 18.8. The minimum Gasteiger partial charge on any atom is -0.480 e. The fourth-order valence-corrected chi connectivity index (χ4v) is 2.82. The summed E-state index contributed by atoms with van der Waals surface area (Å²) >= 11 is 0. The predicted molar refractivity (Wildman–Crippen MR) is 117 cm³/mol. The number of aromatic nitrogens is 2. The lowest BCUT2D eigenvalue weighted by atomic mass is 10.0. The molecule has 0 radical (unpaired) electrons. The van der Waals surface area contributed by atoms with Crippen molar-refractivity contribution in [2.24, 2.45) is 17.4 Å². The number of nitrogens with one attached hydrogen (secondary N) is 4. The minimum absolute atomic E-state index is 0.00406. The Balaban J connectivity index is 2.81. The summed E-state index contributed by atoms with van der Waals surface area (Å²) in [6, 6.07) is -3.90. The molecule has 1 rings (SSSR count). The van der Waals surface area contributed by atoms with Crippen molar-refractivity contribution in [1.29, 1.82) is 0 Å². The molecule has 0 saturated carbocycles. The molecule has 0 saturated heterocycles. The number of rotatable bonds is 14. The first kappa shape index (κ1) is 27.0. The highest BCUT2D eigenvalue weighted by molar-refractivity contribution is 5.93. The average molecular weight is 454 g/mol. The Kier molecular flexibility index (Phi) is 11.3. The maximum absolute atomic E-state index is 12.8. The minimum atomic E-state index is -1.22. The highest BCUT2D eigenvalue weighted by Crippen LogP contribution is 2.05. The van der Waals surface area contributed by atoms with Crippen molar-refractivity contribution in [2.75, 3.05) is 6.54 Å². The predicted octanol–water partition coefficient (Wildman–Crippen LogP) is -1.38. The quantitative estimate of drug-likeness (QED) is 0.167. The number of aromatic amines is 1. The van der Waals surface area contributed by atoms with Crippen LogP contribution in [0.1, 0.15) is 45.7 Å². The van der Waals surface area contributed by atoms with Crippen molar-refractivity contribution in [2.45, 2.75) is 70.6 Å². The van der Waals surface area contributed by atoms with Gasteiger partial charge >= 0.3 is 5.97 Å². The van der Waals surface area contributed by atoms with Crippen LogP contribution in [-0.2, 0) is 25.6 Å². The maximum Gasteiger partial charge on any atom is 0.326 e. The number of imidazole rings is 1. The molecule has 1 aromatic rings. The molecular formula is C20H35N7O5. The van der Waals surface area contributed by atoms with E-state index in [0.29, 0.717) is 25.1 Å². The van der Waals surface area contributed by atoms with E-state index in [0.717, 1.165) is 0 Å². The number of carbonyl (C=O) groups excluding carboxylic acids is 3. The van der Waals surface area contributed by atoms with Crippen LogP contribution in [0, 0.1) is 5.92 Å². The molecule has 0 aliphatic rings. The fourth-order valence-electron chi connectivity index (χ4n) is 2.82. The summed E-state index contributed by atoms with van der Waals surface area (Å²) in [5, 5.41) is 17.1. The van der Waals surface area contributed by atoms with Crippen LogP contribution in [-0.4, -0.2) is 69.5 Å². The van der Waals surface area contributed by atoms with Crippen molar-refractivity contribution in [3.63, 3.8) is 0 Å². The van der Waals surface area contributed by atoms with Crippen molar-refractivity contribution >= 4 is 23.7 Å². The number of unbranched alkanes of at least 4 members (excludes halogenated alkanes) is 1. The first-order valence-corrected chi connectivity index (χ1v) is 10.6. The van der Waals surface area contributed by atoms with E-state index < -0.39 is 47.9 Å². The van der Waals surface area contributed by atoms with E-state index >= 15 is 0 Å². The molecule has 0 aliphatic heterocycles. The Labute approximate surface area is 187 Å². The largest absolute Gasteiger partial charge is 0.480 e. The molecule has 12 heteroatoms. The number of carbonyl (C=O) groups is 4. The van der Waals surface area contributed by atoms with Crippen LogP contribution in [0.25, 0.3) is 0 Å². The Hall–Kier alpha value is -2.99. The third-order valence-electron chi connectivity index (χ3n) is 4.95. The number of aliphatic carboxylic acids is 1. The Morgan fingerprint density at radius 1 is 1.03 bits per heavy atom. The number of hydrogen-bond acceptors (Lipinski definition) is 7. The van der Waals surface area contributed by atoms with Crippen LogP contribution in [0.2, 0.25) is 0 Å². The summed E-state index contributed by atoms with van der Waals surface area (Å²) in [5.41, 5.74) is 11.8. The number of amides is 3. The number of H-pyrrole nitrogens is 1. The maximum atomic E-state index is 12.8. The third kappa shape index (κ3) is 9.02. The zero-order valence-electron chi connectivity index (χ0n) is 18.8. The summed E-state index contributed by atoms with van der Waals surface area (Å²) in [6.45, 7) is 5.47. The van der Waals surface area contributed by atoms with Gasteiger partial charge in [0.25, 0.3) is 0 Å². The van der Waals surface area contributed by atoms with Gasteiger partial charge in [0, 0.05) is 18.3 Å². The van der Waals surface area contributed by atoms with Crippen LogP contribution in [0.3, 0.4) is 0 Å². The van der Waals surface area contributed by atoms with Gasteiger partial charge in [-0.15, -0.1) is 0 Å². The van der Waals surface area contributed by atoms with Crippen molar-refractivity contribution in [3.05, 3.63) is 18.2 Å². The molecule has 180 valence electrons. The number of nitrogens with zero attached hydrogens (tertiary/aromatic N) is 1. The van der Waals surface area contributed by atoms with E-state index in [1.165, 1.54) is 19.4 Å². The van der Waals surface area contributed by atoms with Gasteiger partial charge in [-0.1, -0.05) is 13.8 Å². The molecule has 4 unspecified atom stereocenters. The normalized spacial score (nSPS) is 14.8. The highest BCUT2D eigenvalue weighted by atomic mass is 16.4. The van der Waals surface area contributed by atoms with E-state index in [4.69, 9.17) is 11.5 Å². The SMILES string of the molecule is CC(NC(=O)C(N)C(C)C)C(=O)NC(CCCCN)C(=O)NC(Cc1cnc[nH]1)C(=O)O. The Morgan fingerprint density at radius 3 is 2.22 bits per heavy atom. The van der Waals surface area contributed by atoms with Crippen LogP contribution in [0.15, 0.2) is 12.5 Å². The lowest BCUT2D eigenvalue weighted by Gasteiger charge is -2.24. The van der Waals surface area contributed by atoms with E-state index in [2.05, 4.69) is 25.9 Å². The molecular weight excluding hydrogens is 418 g/mol. The number of hydrogen-bond donors (Lipinski definition) is 7. The van der Waals surface area contributed by atoms with Gasteiger partial charge in [-0.3, -0.25) is 14.4 Å². The second-order valence-corrected chi connectivity index (χ2v) is 8.03. The monoisotopic (exact) mass is 453 g/mol. The van der Waals surface area contributed by atoms with E-state index in [9.17, 15) is 24.3 Å². The van der Waals surface area contributed by atoms with Gasteiger partial charge in [0.05, 0.1) is 12.4 Å². The van der Waals surface area contributed by atoms with Crippen molar-refractivity contribution < 1.29 is 24.3 Å². The second kappa shape index (κ2) is 13.4. The highest BCUT2D eigenvalue weighted by Gasteiger charge is 2.29. The lowest BCUT2D eigenvalue weighted by molar-refractivity contribution is -0.142. The summed E-state index contributed by atoms with van der Waals surface area (Å²) in [5.74, 6) is -3.02. The molecule has 4 atom stereocenters. The first-order chi connectivity index (χ1) is 15.1. The van der Waals surface area contributed by atoms with Crippen LogP contribution >= 0.6 is 0 Å². The van der Waals surface area contributed by atoms with Gasteiger partial charge in [0.1, 0.15) is 18.1 Å². The van der Waals surface area contributed by atoms with Gasteiger partial charge in [0.15, 0.2) is 0 Å². The first-order valence-electron chi connectivity index (χ1n) is 10.6. The summed E-state index contributed by atoms with van der Waals surface area (Å²) in [6.07, 6.45) is 4.32. The smallest absolute Gasteiger partial charge is 0.326 e. The van der Waals surface area contributed by atoms with Gasteiger partial charge in [-0.25, -0.2) is 9.78 Å². The molecule has 0 spiro atoms. The molecule has 0 aromatic carbocycles. The Bertz CT molecular complexity index is 754. The van der Waals surface area contributed by atoms with Crippen LogP contribution in [0.5, 0.6) is 0 Å². The van der Waals surface area contributed by atoms with Gasteiger partial charge < -0.3 is 37.5 Å². The Morgan fingerprint density at radius 2 is 1.69 bits per heavy atom. The van der Waals surface area contributed by atoms with E-state index in [1.807, 2.05) is 0 Å². The van der Waals surface area contributed by atoms with Gasteiger partial charge in [0.2, 0.25) is 17.7 Å². The van der Waals surface area contributed by atoms with Crippen molar-refractivity contribution in [3.8, 4) is 0 Å². The molecule has 1 aromatic heterocycles. The number of nitrogens with two attached hydrogens (primary N) is 2. The summed E-state index contributed by atoms with van der Waals surface area (Å²) in [7, 11) is 0. The molecule has 0 aliphatic carbocycles. The average Bonchev–Trinajstić information content (AvgIpc) is 3.24. The molecule has 9 N–H and O–H groups in total. The van der Waals surface area contributed by atoms with Gasteiger partial charge in [-0.05, 0) is 38.6 Å². The second-order valence-electron chi connectivity index (χ2n) is 8.03. The molecule has 1 heterocycles. The van der Waals surface area contributed by atoms with Crippen LogP contribution < -0.4 is 27.4 Å². The summed E-state index contributed by atoms with van der Waals surface area (Å²) < 4.78 is 0. The molecule has 0 fully saturated rings. The molecule has 12 nitrogen and oxygen atoms in total. The fraction of sp³-hybridized carbons (Fsp3) is 0.650. The summed E-state index contributed by atoms with van der Waals surface area (Å²) in [4.78, 5) is 55.7. The van der Waals surface area contributed by atoms with Crippen molar-refractivity contribution in [1.82, 2.24) is 25.9 Å². The third-order valence-corrected chi connectivity index (χ3v) is 4.95. The zero-order chi connectivity index (χ0) is 24.3. The molecule has 0 bridgehead atoms. The number of carboxylic acid groups (broad SMARTS) is 1.